The highest BCUT2D eigenvalue weighted by Gasteiger charge is 2.19. The van der Waals surface area contributed by atoms with E-state index in [0.29, 0.717) is 28.8 Å². The molecule has 1 aromatic carbocycles. The fourth-order valence-corrected chi connectivity index (χ4v) is 4.05. The number of sulfonamides is 1. The molecule has 3 N–H and O–H groups in total. The predicted octanol–water partition coefficient (Wildman–Crippen LogP) is 2.64. The van der Waals surface area contributed by atoms with Gasteiger partial charge in [-0.3, -0.25) is 0 Å². The number of hydrogen-bond acceptors (Lipinski definition) is 4. The van der Waals surface area contributed by atoms with Crippen molar-refractivity contribution in [2.45, 2.75) is 37.0 Å². The lowest BCUT2D eigenvalue weighted by Crippen LogP contribution is -2.27. The van der Waals surface area contributed by atoms with E-state index in [1.807, 2.05) is 12.3 Å². The molecule has 0 saturated carbocycles. The summed E-state index contributed by atoms with van der Waals surface area (Å²) in [5.41, 5.74) is 7.09. The Kier molecular flexibility index (Phi) is 7.00. The van der Waals surface area contributed by atoms with E-state index < -0.39 is 10.0 Å². The van der Waals surface area contributed by atoms with Gasteiger partial charge in [0.1, 0.15) is 0 Å². The number of halogens is 1. The molecule has 1 aromatic rings. The number of nitrogens with two attached hydrogens (primary N) is 1. The molecule has 0 fully saturated rings. The van der Waals surface area contributed by atoms with Gasteiger partial charge >= 0.3 is 0 Å². The molecule has 114 valence electrons. The minimum atomic E-state index is -3.49. The smallest absolute Gasteiger partial charge is 0.240 e. The van der Waals surface area contributed by atoms with Gasteiger partial charge in [-0.25, -0.2) is 13.1 Å². The highest BCUT2D eigenvalue weighted by atomic mass is 79.9. The Morgan fingerprint density at radius 3 is 2.65 bits per heavy atom. The first-order valence-electron chi connectivity index (χ1n) is 6.33. The lowest BCUT2D eigenvalue weighted by atomic mass is 10.1. The third-order valence-electron chi connectivity index (χ3n) is 3.13. The fraction of sp³-hybridized carbons (Fsp3) is 0.538. The average molecular weight is 381 g/mol. The van der Waals surface area contributed by atoms with E-state index in [1.54, 1.807) is 24.8 Å². The van der Waals surface area contributed by atoms with Gasteiger partial charge in [-0.1, -0.05) is 22.9 Å². The topological polar surface area (TPSA) is 72.2 Å². The summed E-state index contributed by atoms with van der Waals surface area (Å²) in [4.78, 5) is 0.295. The van der Waals surface area contributed by atoms with Crippen LogP contribution in [0.25, 0.3) is 0 Å². The second-order valence-corrected chi connectivity index (χ2v) is 8.50. The van der Waals surface area contributed by atoms with Crippen molar-refractivity contribution in [3.63, 3.8) is 0 Å². The molecule has 0 aliphatic heterocycles. The summed E-state index contributed by atoms with van der Waals surface area (Å²) in [5, 5.41) is 0.431. The summed E-state index contributed by atoms with van der Waals surface area (Å²) < 4.78 is 28.1. The van der Waals surface area contributed by atoms with E-state index in [0.717, 1.165) is 16.5 Å². The van der Waals surface area contributed by atoms with Crippen LogP contribution >= 0.6 is 27.7 Å². The van der Waals surface area contributed by atoms with Gasteiger partial charge in [0.05, 0.1) is 4.90 Å². The lowest BCUT2D eigenvalue weighted by molar-refractivity contribution is 0.578. The van der Waals surface area contributed by atoms with E-state index in [2.05, 4.69) is 27.6 Å². The fourth-order valence-electron chi connectivity index (χ4n) is 1.70. The molecule has 0 aromatic heterocycles. The van der Waals surface area contributed by atoms with E-state index in [1.165, 1.54) is 0 Å². The Morgan fingerprint density at radius 2 is 2.10 bits per heavy atom. The molecular weight excluding hydrogens is 360 g/mol. The summed E-state index contributed by atoms with van der Waals surface area (Å²) >= 11 is 5.11. The first kappa shape index (κ1) is 18.0. The van der Waals surface area contributed by atoms with Crippen molar-refractivity contribution in [2.24, 2.45) is 5.73 Å². The molecule has 1 rings (SSSR count). The second kappa shape index (κ2) is 7.79. The van der Waals surface area contributed by atoms with Gasteiger partial charge in [-0.05, 0) is 42.9 Å². The number of rotatable bonds is 7. The number of benzene rings is 1. The first-order chi connectivity index (χ1) is 9.31. The molecule has 0 saturated heterocycles. The van der Waals surface area contributed by atoms with E-state index in [9.17, 15) is 8.42 Å². The van der Waals surface area contributed by atoms with Crippen LogP contribution in [0.4, 0.5) is 0 Å². The minimum Gasteiger partial charge on any atom is -0.326 e. The maximum absolute atomic E-state index is 12.4. The maximum Gasteiger partial charge on any atom is 0.240 e. The van der Waals surface area contributed by atoms with Gasteiger partial charge in [0.25, 0.3) is 0 Å². The van der Waals surface area contributed by atoms with Crippen molar-refractivity contribution in [2.75, 3.05) is 12.8 Å². The van der Waals surface area contributed by atoms with Crippen molar-refractivity contribution < 1.29 is 8.42 Å². The predicted molar refractivity (Wildman–Crippen MR) is 89.6 cm³/mol. The first-order valence-corrected chi connectivity index (χ1v) is 9.89. The van der Waals surface area contributed by atoms with Crippen molar-refractivity contribution >= 4 is 37.7 Å². The zero-order valence-electron chi connectivity index (χ0n) is 11.9. The SMILES string of the molecule is CSC(C)CCNS(=O)(=O)c1cc(CN)cc(Br)c1C. The average Bonchev–Trinajstić information content (AvgIpc) is 2.40. The van der Waals surface area contributed by atoms with Crippen molar-refractivity contribution in [3.05, 3.63) is 27.7 Å². The van der Waals surface area contributed by atoms with Gasteiger partial charge < -0.3 is 5.73 Å². The summed E-state index contributed by atoms with van der Waals surface area (Å²) in [6.45, 7) is 4.61. The van der Waals surface area contributed by atoms with Crippen molar-refractivity contribution in [3.8, 4) is 0 Å². The Labute approximate surface area is 134 Å². The molecule has 1 atom stereocenters. The standard InChI is InChI=1S/C13H21BrN2O2S2/c1-9(19-3)4-5-16-20(17,18)13-7-11(8-15)6-12(14)10(13)2/h6-7,9,16H,4-5,8,15H2,1-3H3. The van der Waals surface area contributed by atoms with Crippen LogP contribution in [-0.2, 0) is 16.6 Å². The molecule has 0 amide bonds. The Morgan fingerprint density at radius 1 is 1.45 bits per heavy atom. The second-order valence-electron chi connectivity index (χ2n) is 4.64. The van der Waals surface area contributed by atoms with E-state index >= 15 is 0 Å². The van der Waals surface area contributed by atoms with Crippen LogP contribution in [0.2, 0.25) is 0 Å². The quantitative estimate of drug-likeness (QED) is 0.762. The Balaban J connectivity index is 2.95. The summed E-state index contributed by atoms with van der Waals surface area (Å²) in [7, 11) is -3.49. The molecular formula is C13H21BrN2O2S2. The van der Waals surface area contributed by atoms with Gasteiger partial charge in [0, 0.05) is 22.8 Å². The molecule has 0 spiro atoms. The van der Waals surface area contributed by atoms with Crippen LogP contribution in [-0.4, -0.2) is 26.5 Å². The summed E-state index contributed by atoms with van der Waals surface area (Å²) in [6.07, 6.45) is 2.82. The highest BCUT2D eigenvalue weighted by molar-refractivity contribution is 9.10. The molecule has 20 heavy (non-hydrogen) atoms. The zero-order chi connectivity index (χ0) is 15.3. The third kappa shape index (κ3) is 4.73. The van der Waals surface area contributed by atoms with Crippen LogP contribution in [0.15, 0.2) is 21.5 Å². The maximum atomic E-state index is 12.4. The Bertz CT molecular complexity index is 562. The lowest BCUT2D eigenvalue weighted by Gasteiger charge is -2.13. The van der Waals surface area contributed by atoms with Crippen LogP contribution in [0.1, 0.15) is 24.5 Å². The third-order valence-corrected chi connectivity index (χ3v) is 6.58. The normalized spacial score (nSPS) is 13.4. The number of thioether (sulfide) groups is 1. The zero-order valence-corrected chi connectivity index (χ0v) is 15.2. The van der Waals surface area contributed by atoms with Crippen molar-refractivity contribution in [1.82, 2.24) is 4.72 Å². The number of nitrogens with one attached hydrogen (secondary N) is 1. The van der Waals surface area contributed by atoms with Crippen LogP contribution in [0.5, 0.6) is 0 Å². The molecule has 0 aliphatic carbocycles. The molecule has 0 bridgehead atoms. The van der Waals surface area contributed by atoms with Crippen molar-refractivity contribution in [1.29, 1.82) is 0 Å². The van der Waals surface area contributed by atoms with Gasteiger partial charge in [0.15, 0.2) is 0 Å². The van der Waals surface area contributed by atoms with Gasteiger partial charge in [0.2, 0.25) is 10.0 Å². The number of hydrogen-bond donors (Lipinski definition) is 2. The van der Waals surface area contributed by atoms with Gasteiger partial charge in [-0.2, -0.15) is 11.8 Å². The summed E-state index contributed by atoms with van der Waals surface area (Å²) in [5.74, 6) is 0. The molecule has 1 unspecified atom stereocenters. The molecule has 0 heterocycles. The van der Waals surface area contributed by atoms with E-state index in [4.69, 9.17) is 5.73 Å². The van der Waals surface area contributed by atoms with Crippen LogP contribution in [0.3, 0.4) is 0 Å². The largest absolute Gasteiger partial charge is 0.326 e. The van der Waals surface area contributed by atoms with Crippen LogP contribution < -0.4 is 10.5 Å². The monoisotopic (exact) mass is 380 g/mol. The highest BCUT2D eigenvalue weighted by Crippen LogP contribution is 2.25. The molecule has 7 heteroatoms. The van der Waals surface area contributed by atoms with E-state index in [-0.39, 0.29) is 0 Å². The minimum absolute atomic E-state index is 0.295. The van der Waals surface area contributed by atoms with Gasteiger partial charge in [-0.15, -0.1) is 0 Å². The van der Waals surface area contributed by atoms with Crippen LogP contribution in [0, 0.1) is 6.92 Å². The molecule has 4 nitrogen and oxygen atoms in total. The molecule has 0 aliphatic rings. The summed E-state index contributed by atoms with van der Waals surface area (Å²) in [6, 6.07) is 3.49. The molecule has 0 radical (unpaired) electrons. The Hall–Kier alpha value is -0.0800.